The Labute approximate surface area is 112 Å². The highest BCUT2D eigenvalue weighted by molar-refractivity contribution is 7.09. The van der Waals surface area contributed by atoms with Gasteiger partial charge in [-0.3, -0.25) is 0 Å². The van der Waals surface area contributed by atoms with Crippen molar-refractivity contribution < 1.29 is 0 Å². The molecule has 1 aliphatic carbocycles. The van der Waals surface area contributed by atoms with Crippen LogP contribution in [0.4, 0.5) is 0 Å². The van der Waals surface area contributed by atoms with E-state index in [0.717, 1.165) is 5.92 Å². The van der Waals surface area contributed by atoms with Crippen molar-refractivity contribution in [3.63, 3.8) is 0 Å². The minimum atomic E-state index is 0.329. The van der Waals surface area contributed by atoms with Crippen LogP contribution in [0.3, 0.4) is 0 Å². The van der Waals surface area contributed by atoms with Crippen molar-refractivity contribution in [3.8, 4) is 0 Å². The fraction of sp³-hybridized carbons (Fsp3) is 0.400. The molecule has 1 aliphatic rings. The third kappa shape index (κ3) is 2.62. The molecule has 94 valence electrons. The highest BCUT2D eigenvalue weighted by Crippen LogP contribution is 2.42. The SMILES string of the molecule is CC(NC(c1ccccc1)C1CC1)c1nccs1. The summed E-state index contributed by atoms with van der Waals surface area (Å²) < 4.78 is 0. The molecule has 0 bridgehead atoms. The van der Waals surface area contributed by atoms with Crippen molar-refractivity contribution >= 4 is 11.3 Å². The molecule has 1 aromatic heterocycles. The molecule has 1 fully saturated rings. The zero-order valence-corrected chi connectivity index (χ0v) is 11.4. The van der Waals surface area contributed by atoms with Crippen LogP contribution in [0.2, 0.25) is 0 Å². The zero-order chi connectivity index (χ0) is 12.4. The first kappa shape index (κ1) is 11.9. The van der Waals surface area contributed by atoms with Crippen molar-refractivity contribution in [3.05, 3.63) is 52.5 Å². The molecule has 1 N–H and O–H groups in total. The molecule has 0 spiro atoms. The molecule has 18 heavy (non-hydrogen) atoms. The molecule has 1 heterocycles. The number of thiazole rings is 1. The van der Waals surface area contributed by atoms with Crippen LogP contribution >= 0.6 is 11.3 Å². The molecule has 3 heteroatoms. The summed E-state index contributed by atoms with van der Waals surface area (Å²) in [6, 6.07) is 11.6. The largest absolute Gasteiger partial charge is 0.301 e. The summed E-state index contributed by atoms with van der Waals surface area (Å²) in [4.78, 5) is 4.40. The first-order valence-electron chi connectivity index (χ1n) is 6.55. The van der Waals surface area contributed by atoms with Crippen LogP contribution in [0, 0.1) is 5.92 Å². The molecular formula is C15H18N2S. The Kier molecular flexibility index (Phi) is 3.43. The highest BCUT2D eigenvalue weighted by Gasteiger charge is 2.33. The van der Waals surface area contributed by atoms with E-state index < -0.39 is 0 Å². The summed E-state index contributed by atoms with van der Waals surface area (Å²) in [5, 5.41) is 6.97. The molecular weight excluding hydrogens is 240 g/mol. The minimum Gasteiger partial charge on any atom is -0.301 e. The predicted octanol–water partition coefficient (Wildman–Crippen LogP) is 3.95. The van der Waals surface area contributed by atoms with Gasteiger partial charge in [0, 0.05) is 17.6 Å². The van der Waals surface area contributed by atoms with Crippen LogP contribution in [-0.2, 0) is 0 Å². The Hall–Kier alpha value is -1.19. The van der Waals surface area contributed by atoms with E-state index in [1.807, 2.05) is 11.6 Å². The van der Waals surface area contributed by atoms with Crippen molar-refractivity contribution in [2.45, 2.75) is 31.8 Å². The van der Waals surface area contributed by atoms with E-state index in [9.17, 15) is 0 Å². The standard InChI is InChI=1S/C15H18N2S/c1-11(15-16-9-10-18-15)17-14(13-7-8-13)12-5-3-2-4-6-12/h2-6,9-11,13-14,17H,7-8H2,1H3. The number of nitrogens with one attached hydrogen (secondary N) is 1. The number of hydrogen-bond acceptors (Lipinski definition) is 3. The van der Waals surface area contributed by atoms with E-state index in [2.05, 4.69) is 47.6 Å². The summed E-state index contributed by atoms with van der Waals surface area (Å²) in [6.07, 6.45) is 4.57. The van der Waals surface area contributed by atoms with Crippen LogP contribution in [0.15, 0.2) is 41.9 Å². The van der Waals surface area contributed by atoms with Gasteiger partial charge < -0.3 is 5.32 Å². The Morgan fingerprint density at radius 1 is 1.28 bits per heavy atom. The van der Waals surface area contributed by atoms with Gasteiger partial charge in [0.15, 0.2) is 0 Å². The maximum absolute atomic E-state index is 4.40. The van der Waals surface area contributed by atoms with Gasteiger partial charge in [0.25, 0.3) is 0 Å². The summed E-state index contributed by atoms with van der Waals surface area (Å²) in [5.74, 6) is 0.801. The van der Waals surface area contributed by atoms with Gasteiger partial charge in [-0.25, -0.2) is 4.98 Å². The maximum atomic E-state index is 4.40. The quantitative estimate of drug-likeness (QED) is 0.878. The normalized spacial score (nSPS) is 18.5. The van der Waals surface area contributed by atoms with Gasteiger partial charge >= 0.3 is 0 Å². The van der Waals surface area contributed by atoms with Crippen molar-refractivity contribution in [1.29, 1.82) is 0 Å². The van der Waals surface area contributed by atoms with Crippen LogP contribution in [0.25, 0.3) is 0 Å². The molecule has 0 radical (unpaired) electrons. The minimum absolute atomic E-state index is 0.329. The topological polar surface area (TPSA) is 24.9 Å². The number of hydrogen-bond donors (Lipinski definition) is 1. The fourth-order valence-corrected chi connectivity index (χ4v) is 3.04. The van der Waals surface area contributed by atoms with E-state index >= 15 is 0 Å². The lowest BCUT2D eigenvalue weighted by atomic mass is 10.0. The Balaban J connectivity index is 1.75. The lowest BCUT2D eigenvalue weighted by molar-refractivity contribution is 0.426. The molecule has 0 saturated heterocycles. The number of rotatable bonds is 5. The van der Waals surface area contributed by atoms with E-state index in [1.165, 1.54) is 23.4 Å². The van der Waals surface area contributed by atoms with Gasteiger partial charge in [-0.1, -0.05) is 30.3 Å². The van der Waals surface area contributed by atoms with Crippen LogP contribution in [-0.4, -0.2) is 4.98 Å². The molecule has 1 aromatic carbocycles. The van der Waals surface area contributed by atoms with Gasteiger partial charge in [-0.05, 0) is 31.2 Å². The van der Waals surface area contributed by atoms with Crippen LogP contribution in [0.1, 0.15) is 42.4 Å². The van der Waals surface area contributed by atoms with Gasteiger partial charge in [0.2, 0.25) is 0 Å². The predicted molar refractivity (Wildman–Crippen MR) is 75.6 cm³/mol. The number of benzene rings is 1. The summed E-state index contributed by atoms with van der Waals surface area (Å²) in [7, 11) is 0. The van der Waals surface area contributed by atoms with Crippen LogP contribution in [0.5, 0.6) is 0 Å². The Morgan fingerprint density at radius 2 is 2.06 bits per heavy atom. The second-order valence-electron chi connectivity index (χ2n) is 4.98. The Bertz CT molecular complexity index is 476. The summed E-state index contributed by atoms with van der Waals surface area (Å²) in [6.45, 7) is 2.21. The monoisotopic (exact) mass is 258 g/mol. The van der Waals surface area contributed by atoms with Gasteiger partial charge in [0.1, 0.15) is 5.01 Å². The molecule has 2 nitrogen and oxygen atoms in total. The summed E-state index contributed by atoms with van der Waals surface area (Å²) >= 11 is 1.73. The molecule has 0 amide bonds. The third-order valence-corrected chi connectivity index (χ3v) is 4.46. The maximum Gasteiger partial charge on any atom is 0.109 e. The second kappa shape index (κ2) is 5.21. The molecule has 2 atom stereocenters. The van der Waals surface area contributed by atoms with Crippen molar-refractivity contribution in [2.75, 3.05) is 0 Å². The number of aromatic nitrogens is 1. The average Bonchev–Trinajstić information content (AvgIpc) is 3.10. The van der Waals surface area contributed by atoms with Gasteiger partial charge in [0.05, 0.1) is 6.04 Å². The Morgan fingerprint density at radius 3 is 2.67 bits per heavy atom. The molecule has 3 rings (SSSR count). The van der Waals surface area contributed by atoms with Gasteiger partial charge in [-0.2, -0.15) is 0 Å². The second-order valence-corrected chi connectivity index (χ2v) is 5.91. The molecule has 2 aromatic rings. The highest BCUT2D eigenvalue weighted by atomic mass is 32.1. The summed E-state index contributed by atoms with van der Waals surface area (Å²) in [5.41, 5.74) is 1.41. The van der Waals surface area contributed by atoms with E-state index in [0.29, 0.717) is 12.1 Å². The first-order valence-corrected chi connectivity index (χ1v) is 7.43. The molecule has 2 unspecified atom stereocenters. The van der Waals surface area contributed by atoms with Crippen LogP contribution < -0.4 is 5.32 Å². The average molecular weight is 258 g/mol. The van der Waals surface area contributed by atoms with Gasteiger partial charge in [-0.15, -0.1) is 11.3 Å². The van der Waals surface area contributed by atoms with E-state index in [1.54, 1.807) is 11.3 Å². The van der Waals surface area contributed by atoms with Crippen molar-refractivity contribution in [1.82, 2.24) is 10.3 Å². The lowest BCUT2D eigenvalue weighted by Gasteiger charge is -2.22. The van der Waals surface area contributed by atoms with E-state index in [-0.39, 0.29) is 0 Å². The smallest absolute Gasteiger partial charge is 0.109 e. The number of nitrogens with zero attached hydrogens (tertiary/aromatic N) is 1. The molecule has 1 saturated carbocycles. The van der Waals surface area contributed by atoms with Crippen molar-refractivity contribution in [2.24, 2.45) is 5.92 Å². The molecule has 0 aliphatic heterocycles. The lowest BCUT2D eigenvalue weighted by Crippen LogP contribution is -2.26. The third-order valence-electron chi connectivity index (χ3n) is 3.50. The zero-order valence-electron chi connectivity index (χ0n) is 10.5. The van der Waals surface area contributed by atoms with E-state index in [4.69, 9.17) is 0 Å². The first-order chi connectivity index (χ1) is 8.84. The fourth-order valence-electron chi connectivity index (χ4n) is 2.38.